The Morgan fingerprint density at radius 2 is 1.92 bits per heavy atom. The lowest BCUT2D eigenvalue weighted by atomic mass is 9.87. The largest absolute Gasteiger partial charge is 0.489 e. The number of piperidine rings is 1. The number of aliphatic hydroxyl groups is 1. The van der Waals surface area contributed by atoms with Crippen molar-refractivity contribution in [1.29, 1.82) is 5.26 Å². The van der Waals surface area contributed by atoms with Gasteiger partial charge in [0.25, 0.3) is 0 Å². The fraction of sp³-hybridized carbons (Fsp3) is 0.333. The first-order valence-corrected chi connectivity index (χ1v) is 13.0. The molecule has 0 saturated carbocycles. The highest BCUT2D eigenvalue weighted by Crippen LogP contribution is 2.35. The number of pyridine rings is 3. The zero-order chi connectivity index (χ0) is 27.0. The van der Waals surface area contributed by atoms with Crippen LogP contribution in [-0.4, -0.2) is 73.5 Å². The molecule has 2 bridgehead atoms. The summed E-state index contributed by atoms with van der Waals surface area (Å²) in [6, 6.07) is 13.0. The van der Waals surface area contributed by atoms with Crippen molar-refractivity contribution >= 4 is 11.3 Å². The lowest BCUT2D eigenvalue weighted by Gasteiger charge is -2.56. The molecule has 0 amide bonds. The predicted octanol–water partition coefficient (Wildman–Crippen LogP) is 3.13. The SMILES string of the molecule is CC(C)(O)COc1cc(-c2ccc(N3CC4CC(C3)N4CC#Cc3ccncc3)nc2)c2c(C#N)cnn2c1. The molecule has 9 heteroatoms. The molecular formula is C30H29N7O2. The summed E-state index contributed by atoms with van der Waals surface area (Å²) in [6.45, 7) is 6.13. The average Bonchev–Trinajstić information content (AvgIpc) is 3.37. The van der Waals surface area contributed by atoms with Gasteiger partial charge in [-0.2, -0.15) is 10.4 Å². The van der Waals surface area contributed by atoms with Crippen molar-refractivity contribution in [3.8, 4) is 34.8 Å². The predicted molar refractivity (Wildman–Crippen MR) is 147 cm³/mol. The highest BCUT2D eigenvalue weighted by molar-refractivity contribution is 5.85. The maximum Gasteiger partial charge on any atom is 0.138 e. The summed E-state index contributed by atoms with van der Waals surface area (Å²) in [7, 11) is 0. The Morgan fingerprint density at radius 1 is 1.13 bits per heavy atom. The van der Waals surface area contributed by atoms with E-state index in [9.17, 15) is 10.4 Å². The van der Waals surface area contributed by atoms with Crippen LogP contribution in [0.4, 0.5) is 5.82 Å². The smallest absolute Gasteiger partial charge is 0.138 e. The number of nitrogens with zero attached hydrogens (tertiary/aromatic N) is 7. The molecule has 2 atom stereocenters. The van der Waals surface area contributed by atoms with Crippen LogP contribution in [-0.2, 0) is 0 Å². The quantitative estimate of drug-likeness (QED) is 0.388. The maximum absolute atomic E-state index is 10.1. The lowest BCUT2D eigenvalue weighted by molar-refractivity contribution is 0.0125. The van der Waals surface area contributed by atoms with Gasteiger partial charge in [-0.15, -0.1) is 0 Å². The third-order valence-electron chi connectivity index (χ3n) is 7.20. The molecule has 2 unspecified atom stereocenters. The molecular weight excluding hydrogens is 490 g/mol. The average molecular weight is 520 g/mol. The van der Waals surface area contributed by atoms with Gasteiger partial charge in [-0.05, 0) is 50.6 Å². The van der Waals surface area contributed by atoms with E-state index in [1.807, 2.05) is 36.5 Å². The Hall–Kier alpha value is -4.44. The molecule has 39 heavy (non-hydrogen) atoms. The third kappa shape index (κ3) is 5.15. The molecule has 4 aromatic heterocycles. The number of anilines is 1. The Balaban J connectivity index is 1.18. The van der Waals surface area contributed by atoms with E-state index in [0.29, 0.717) is 28.9 Å². The summed E-state index contributed by atoms with van der Waals surface area (Å²) in [4.78, 5) is 13.7. The molecule has 9 nitrogen and oxygen atoms in total. The zero-order valence-corrected chi connectivity index (χ0v) is 21.9. The molecule has 0 spiro atoms. The molecule has 3 saturated heterocycles. The molecule has 0 radical (unpaired) electrons. The van der Waals surface area contributed by atoms with Gasteiger partial charge in [0.2, 0.25) is 0 Å². The van der Waals surface area contributed by atoms with Gasteiger partial charge in [0.1, 0.15) is 24.2 Å². The topological polar surface area (TPSA) is 103 Å². The van der Waals surface area contributed by atoms with Crippen LogP contribution in [0.25, 0.3) is 16.6 Å². The van der Waals surface area contributed by atoms with Crippen LogP contribution < -0.4 is 9.64 Å². The second-order valence-corrected chi connectivity index (χ2v) is 10.7. The molecule has 7 heterocycles. The van der Waals surface area contributed by atoms with E-state index in [1.165, 1.54) is 6.42 Å². The van der Waals surface area contributed by atoms with Crippen molar-refractivity contribution in [2.75, 3.05) is 31.1 Å². The van der Waals surface area contributed by atoms with Gasteiger partial charge < -0.3 is 14.7 Å². The number of fused-ring (bicyclic) bond motifs is 3. The van der Waals surface area contributed by atoms with E-state index in [4.69, 9.17) is 9.72 Å². The summed E-state index contributed by atoms with van der Waals surface area (Å²) in [5.74, 6) is 8.04. The van der Waals surface area contributed by atoms with Crippen molar-refractivity contribution in [3.05, 3.63) is 72.4 Å². The fourth-order valence-corrected chi connectivity index (χ4v) is 5.27. The summed E-state index contributed by atoms with van der Waals surface area (Å²) < 4.78 is 7.49. The minimum Gasteiger partial charge on any atom is -0.489 e. The normalized spacial score (nSPS) is 18.7. The van der Waals surface area contributed by atoms with E-state index < -0.39 is 5.60 Å². The second-order valence-electron chi connectivity index (χ2n) is 10.7. The molecule has 196 valence electrons. The van der Waals surface area contributed by atoms with Gasteiger partial charge in [-0.1, -0.05) is 11.8 Å². The number of hydrogen-bond donors (Lipinski definition) is 1. The summed E-state index contributed by atoms with van der Waals surface area (Å²) in [5.41, 5.74) is 2.86. The Labute approximate surface area is 227 Å². The molecule has 4 aromatic rings. The highest BCUT2D eigenvalue weighted by atomic mass is 16.5. The van der Waals surface area contributed by atoms with Crippen molar-refractivity contribution in [2.45, 2.75) is 38.0 Å². The van der Waals surface area contributed by atoms with Crippen molar-refractivity contribution in [1.82, 2.24) is 24.5 Å². The van der Waals surface area contributed by atoms with E-state index in [2.05, 4.69) is 37.8 Å². The van der Waals surface area contributed by atoms with E-state index >= 15 is 0 Å². The van der Waals surface area contributed by atoms with Gasteiger partial charge in [0, 0.05) is 60.5 Å². The van der Waals surface area contributed by atoms with E-state index in [-0.39, 0.29) is 6.61 Å². The Morgan fingerprint density at radius 3 is 2.62 bits per heavy atom. The van der Waals surface area contributed by atoms with Crippen LogP contribution in [0, 0.1) is 23.2 Å². The monoisotopic (exact) mass is 519 g/mol. The van der Waals surface area contributed by atoms with Crippen LogP contribution in [0.3, 0.4) is 0 Å². The summed E-state index contributed by atoms with van der Waals surface area (Å²) in [5, 5.41) is 24.1. The maximum atomic E-state index is 10.1. The molecule has 3 fully saturated rings. The zero-order valence-electron chi connectivity index (χ0n) is 21.9. The van der Waals surface area contributed by atoms with Gasteiger partial charge >= 0.3 is 0 Å². The number of aromatic nitrogens is 4. The molecule has 1 N–H and O–H groups in total. The minimum atomic E-state index is -0.975. The first kappa shape index (κ1) is 24.9. The molecule has 0 aromatic carbocycles. The van der Waals surface area contributed by atoms with Crippen LogP contribution in [0.2, 0.25) is 0 Å². The second kappa shape index (κ2) is 10.0. The number of hydrogen-bond acceptors (Lipinski definition) is 8. The summed E-state index contributed by atoms with van der Waals surface area (Å²) in [6.07, 6.45) is 9.84. The van der Waals surface area contributed by atoms with Crippen molar-refractivity contribution in [3.63, 3.8) is 0 Å². The molecule has 0 aliphatic carbocycles. The van der Waals surface area contributed by atoms with Gasteiger partial charge in [-0.25, -0.2) is 9.50 Å². The third-order valence-corrected chi connectivity index (χ3v) is 7.20. The number of ether oxygens (including phenoxy) is 1. The molecule has 3 aliphatic rings. The number of nitriles is 1. The number of piperazine rings is 1. The highest BCUT2D eigenvalue weighted by Gasteiger charge is 2.44. The van der Waals surface area contributed by atoms with Gasteiger partial charge in [0.05, 0.1) is 35.6 Å². The van der Waals surface area contributed by atoms with Crippen molar-refractivity contribution in [2.24, 2.45) is 0 Å². The standard InChI is InChI=1S/C30H29N7O2/c1-30(2,38)20-39-26-13-27(29-23(14-31)16-34-37(29)19-26)22-5-6-28(33-15-22)35-17-24-12-25(18-35)36(24)11-3-4-21-7-9-32-10-8-21/h5-10,13,15-16,19,24-25,38H,11-12,17-18,20H2,1-2H3. The van der Waals surface area contributed by atoms with Crippen LogP contribution in [0.5, 0.6) is 5.75 Å². The van der Waals surface area contributed by atoms with Crippen LogP contribution in [0.1, 0.15) is 31.4 Å². The van der Waals surface area contributed by atoms with E-state index in [0.717, 1.165) is 42.1 Å². The molecule has 3 aliphatic heterocycles. The van der Waals surface area contributed by atoms with Gasteiger partial charge in [0.15, 0.2) is 0 Å². The first-order chi connectivity index (χ1) is 18.9. The lowest BCUT2D eigenvalue weighted by Crippen LogP contribution is -2.68. The first-order valence-electron chi connectivity index (χ1n) is 13.0. The number of rotatable bonds is 6. The molecule has 7 rings (SSSR count). The van der Waals surface area contributed by atoms with Crippen LogP contribution >= 0.6 is 0 Å². The van der Waals surface area contributed by atoms with Gasteiger partial charge in [-0.3, -0.25) is 9.88 Å². The van der Waals surface area contributed by atoms with E-state index in [1.54, 1.807) is 43.2 Å². The van der Waals surface area contributed by atoms with Crippen molar-refractivity contribution < 1.29 is 9.84 Å². The fourth-order valence-electron chi connectivity index (χ4n) is 5.27. The minimum absolute atomic E-state index is 0.130. The Kier molecular flexibility index (Phi) is 6.40. The van der Waals surface area contributed by atoms with Crippen LogP contribution in [0.15, 0.2) is 61.3 Å². The Bertz CT molecular complexity index is 1580. The summed E-state index contributed by atoms with van der Waals surface area (Å²) >= 11 is 0.